The van der Waals surface area contributed by atoms with Crippen molar-refractivity contribution in [2.45, 2.75) is 13.5 Å². The molecule has 0 fully saturated rings. The zero-order valence-corrected chi connectivity index (χ0v) is 9.01. The Morgan fingerprint density at radius 2 is 2.06 bits per heavy atom. The zero-order valence-electron chi connectivity index (χ0n) is 9.01. The summed E-state index contributed by atoms with van der Waals surface area (Å²) < 4.78 is 10.3. The van der Waals surface area contributed by atoms with Crippen LogP contribution in [-0.2, 0) is 11.3 Å². The molecule has 0 aliphatic rings. The van der Waals surface area contributed by atoms with Crippen molar-refractivity contribution in [3.63, 3.8) is 0 Å². The van der Waals surface area contributed by atoms with E-state index >= 15 is 0 Å². The molecule has 0 aliphatic heterocycles. The number of ether oxygens (including phenoxy) is 1. The van der Waals surface area contributed by atoms with Gasteiger partial charge in [-0.25, -0.2) is 0 Å². The van der Waals surface area contributed by atoms with Crippen LogP contribution < -0.4 is 5.73 Å². The molecule has 0 amide bonds. The van der Waals surface area contributed by atoms with E-state index in [2.05, 4.69) is 10.1 Å². The maximum atomic E-state index is 5.59. The van der Waals surface area contributed by atoms with Crippen LogP contribution in [0.3, 0.4) is 0 Å². The Hall–Kier alpha value is -1.88. The molecule has 0 spiro atoms. The number of aromatic nitrogens is 2. The average molecular weight is 219 g/mol. The van der Waals surface area contributed by atoms with Gasteiger partial charge in [0.1, 0.15) is 6.61 Å². The van der Waals surface area contributed by atoms with Crippen molar-refractivity contribution < 1.29 is 9.26 Å². The largest absolute Gasteiger partial charge is 0.399 e. The first-order valence-corrected chi connectivity index (χ1v) is 5.06. The van der Waals surface area contributed by atoms with Crippen molar-refractivity contribution >= 4 is 5.69 Å². The summed E-state index contributed by atoms with van der Waals surface area (Å²) >= 11 is 0. The molecule has 0 aliphatic carbocycles. The second-order valence-electron chi connectivity index (χ2n) is 3.27. The van der Waals surface area contributed by atoms with E-state index in [4.69, 9.17) is 15.0 Å². The molecule has 0 saturated heterocycles. The molecule has 0 atom stereocenters. The molecule has 5 heteroatoms. The second-order valence-corrected chi connectivity index (χ2v) is 3.27. The van der Waals surface area contributed by atoms with E-state index in [1.165, 1.54) is 0 Å². The van der Waals surface area contributed by atoms with Crippen molar-refractivity contribution in [2.24, 2.45) is 0 Å². The van der Waals surface area contributed by atoms with Crippen LogP contribution in [0.5, 0.6) is 0 Å². The van der Waals surface area contributed by atoms with Gasteiger partial charge in [-0.05, 0) is 31.2 Å². The van der Waals surface area contributed by atoms with Gasteiger partial charge >= 0.3 is 0 Å². The molecular formula is C11H13N3O2. The Balaban J connectivity index is 2.15. The van der Waals surface area contributed by atoms with E-state index in [9.17, 15) is 0 Å². The molecule has 0 radical (unpaired) electrons. The lowest BCUT2D eigenvalue weighted by molar-refractivity contribution is 0.126. The number of nitrogens with zero attached hydrogens (tertiary/aromatic N) is 2. The van der Waals surface area contributed by atoms with Crippen LogP contribution in [0.15, 0.2) is 28.8 Å². The van der Waals surface area contributed by atoms with Gasteiger partial charge in [-0.2, -0.15) is 4.98 Å². The molecule has 1 heterocycles. The van der Waals surface area contributed by atoms with Gasteiger partial charge in [0.2, 0.25) is 0 Å². The number of hydrogen-bond acceptors (Lipinski definition) is 5. The SMILES string of the molecule is CCOCc1noc(-c2ccc(N)cc2)n1. The van der Waals surface area contributed by atoms with Gasteiger partial charge in [0.25, 0.3) is 5.89 Å². The van der Waals surface area contributed by atoms with E-state index in [-0.39, 0.29) is 0 Å². The van der Waals surface area contributed by atoms with Gasteiger partial charge in [0, 0.05) is 17.9 Å². The van der Waals surface area contributed by atoms with Crippen LogP contribution in [0, 0.1) is 0 Å². The molecule has 0 saturated carbocycles. The number of nitrogen functional groups attached to an aromatic ring is 1. The average Bonchev–Trinajstić information content (AvgIpc) is 2.76. The Bertz CT molecular complexity index is 451. The van der Waals surface area contributed by atoms with Gasteiger partial charge in [-0.1, -0.05) is 5.16 Å². The number of benzene rings is 1. The van der Waals surface area contributed by atoms with Crippen molar-refractivity contribution in [1.82, 2.24) is 10.1 Å². The van der Waals surface area contributed by atoms with E-state index in [0.717, 1.165) is 5.56 Å². The molecule has 5 nitrogen and oxygen atoms in total. The maximum absolute atomic E-state index is 5.59. The lowest BCUT2D eigenvalue weighted by Crippen LogP contribution is -1.93. The summed E-state index contributed by atoms with van der Waals surface area (Å²) in [6.07, 6.45) is 0. The lowest BCUT2D eigenvalue weighted by Gasteiger charge is -1.94. The van der Waals surface area contributed by atoms with Crippen molar-refractivity contribution in [3.05, 3.63) is 30.1 Å². The van der Waals surface area contributed by atoms with Crippen molar-refractivity contribution in [2.75, 3.05) is 12.3 Å². The number of hydrogen-bond donors (Lipinski definition) is 1. The standard InChI is InChI=1S/C11H13N3O2/c1-2-15-7-10-13-11(16-14-10)8-3-5-9(12)6-4-8/h3-6H,2,7,12H2,1H3. The Labute approximate surface area is 93.2 Å². The van der Waals surface area contributed by atoms with Crippen molar-refractivity contribution in [3.8, 4) is 11.5 Å². The normalized spacial score (nSPS) is 10.6. The highest BCUT2D eigenvalue weighted by atomic mass is 16.5. The number of rotatable bonds is 4. The van der Waals surface area contributed by atoms with Crippen molar-refractivity contribution in [1.29, 1.82) is 0 Å². The van der Waals surface area contributed by atoms with E-state index < -0.39 is 0 Å². The third-order valence-corrected chi connectivity index (χ3v) is 2.06. The predicted octanol–water partition coefficient (Wildman–Crippen LogP) is 1.86. The smallest absolute Gasteiger partial charge is 0.258 e. The van der Waals surface area contributed by atoms with E-state index in [1.54, 1.807) is 12.1 Å². The summed E-state index contributed by atoms with van der Waals surface area (Å²) in [6, 6.07) is 7.27. The Morgan fingerprint density at radius 1 is 1.31 bits per heavy atom. The fourth-order valence-electron chi connectivity index (χ4n) is 1.25. The fourth-order valence-corrected chi connectivity index (χ4v) is 1.25. The first kappa shape index (κ1) is 10.6. The maximum Gasteiger partial charge on any atom is 0.258 e. The minimum Gasteiger partial charge on any atom is -0.399 e. The third kappa shape index (κ3) is 2.38. The summed E-state index contributed by atoms with van der Waals surface area (Å²) in [5.41, 5.74) is 7.15. The summed E-state index contributed by atoms with van der Waals surface area (Å²) in [5, 5.41) is 3.81. The summed E-state index contributed by atoms with van der Waals surface area (Å²) in [6.45, 7) is 2.92. The van der Waals surface area contributed by atoms with Gasteiger partial charge in [0.15, 0.2) is 5.82 Å². The molecule has 0 bridgehead atoms. The van der Waals surface area contributed by atoms with Crippen LogP contribution in [0.4, 0.5) is 5.69 Å². The molecule has 2 rings (SSSR count). The van der Waals surface area contributed by atoms with Gasteiger partial charge < -0.3 is 15.0 Å². The highest BCUT2D eigenvalue weighted by molar-refractivity contribution is 5.56. The van der Waals surface area contributed by atoms with Crippen LogP contribution in [-0.4, -0.2) is 16.7 Å². The predicted molar refractivity (Wildman–Crippen MR) is 59.5 cm³/mol. The zero-order chi connectivity index (χ0) is 11.4. The fraction of sp³-hybridized carbons (Fsp3) is 0.273. The molecule has 16 heavy (non-hydrogen) atoms. The number of anilines is 1. The number of nitrogens with two attached hydrogens (primary N) is 1. The first-order valence-electron chi connectivity index (χ1n) is 5.06. The third-order valence-electron chi connectivity index (χ3n) is 2.06. The summed E-state index contributed by atoms with van der Waals surface area (Å²) in [7, 11) is 0. The molecule has 2 aromatic rings. The first-order chi connectivity index (χ1) is 7.79. The minimum atomic E-state index is 0.370. The molecular weight excluding hydrogens is 206 g/mol. The summed E-state index contributed by atoms with van der Waals surface area (Å²) in [5.74, 6) is 1.03. The minimum absolute atomic E-state index is 0.370. The monoisotopic (exact) mass is 219 g/mol. The topological polar surface area (TPSA) is 74.2 Å². The molecule has 1 aromatic heterocycles. The van der Waals surface area contributed by atoms with Crippen LogP contribution in [0.2, 0.25) is 0 Å². The quantitative estimate of drug-likeness (QED) is 0.794. The molecule has 1 aromatic carbocycles. The highest BCUT2D eigenvalue weighted by Crippen LogP contribution is 2.18. The second kappa shape index (κ2) is 4.76. The molecule has 2 N–H and O–H groups in total. The van der Waals surface area contributed by atoms with Crippen LogP contribution >= 0.6 is 0 Å². The summed E-state index contributed by atoms with van der Waals surface area (Å²) in [4.78, 5) is 4.20. The highest BCUT2D eigenvalue weighted by Gasteiger charge is 2.07. The Kier molecular flexibility index (Phi) is 3.16. The van der Waals surface area contributed by atoms with E-state index in [1.807, 2.05) is 19.1 Å². The van der Waals surface area contributed by atoms with Crippen LogP contribution in [0.25, 0.3) is 11.5 Å². The van der Waals surface area contributed by atoms with Gasteiger partial charge in [-0.3, -0.25) is 0 Å². The van der Waals surface area contributed by atoms with Gasteiger partial charge in [-0.15, -0.1) is 0 Å². The molecule has 0 unspecified atom stereocenters. The van der Waals surface area contributed by atoms with Gasteiger partial charge in [0.05, 0.1) is 0 Å². The van der Waals surface area contributed by atoms with E-state index in [0.29, 0.717) is 30.6 Å². The Morgan fingerprint density at radius 3 is 2.75 bits per heavy atom. The van der Waals surface area contributed by atoms with Crippen LogP contribution in [0.1, 0.15) is 12.7 Å². The lowest BCUT2D eigenvalue weighted by atomic mass is 10.2. The molecule has 84 valence electrons.